The van der Waals surface area contributed by atoms with Crippen molar-refractivity contribution >= 4 is 93.8 Å². The highest BCUT2D eigenvalue weighted by atomic mass is 15.2. The van der Waals surface area contributed by atoms with E-state index in [0.29, 0.717) is 0 Å². The van der Waals surface area contributed by atoms with Gasteiger partial charge in [0.2, 0.25) is 0 Å². The minimum Gasteiger partial charge on any atom is -0.309 e. The largest absolute Gasteiger partial charge is 0.309 e. The Morgan fingerprint density at radius 1 is 0.344 bits per heavy atom. The number of benzene rings is 9. The molecule has 0 fully saturated rings. The van der Waals surface area contributed by atoms with Crippen molar-refractivity contribution < 1.29 is 0 Å². The molecule has 0 atom stereocenters. The van der Waals surface area contributed by atoms with Crippen molar-refractivity contribution in [2.75, 3.05) is 9.80 Å². The first-order valence-electron chi connectivity index (χ1n) is 22.8. The summed E-state index contributed by atoms with van der Waals surface area (Å²) in [6, 6.07) is 51.2. The van der Waals surface area contributed by atoms with Gasteiger partial charge in [-0.1, -0.05) is 78.9 Å². The standard InChI is InChI=1S/C61H55N3/c1-34-23-24-35(2)54(25-34)63(49-30-40(7)44(11)41(8)31-49)61-51-20-15-13-18-46(51)33-56-58(61)53-22-16-21-52-57-55(64(56)59(52)53)32-45-17-12-14-19-50(45)60(57)62(47-26-36(3)42(9)37(4)27-47)48-28-38(5)43(10)39(6)29-48/h12-33H,1-11H3. The number of para-hydroxylation sites is 1. The van der Waals surface area contributed by atoms with Gasteiger partial charge in [-0.25, -0.2) is 0 Å². The molecule has 0 amide bonds. The van der Waals surface area contributed by atoms with Crippen LogP contribution in [0.3, 0.4) is 0 Å². The van der Waals surface area contributed by atoms with Crippen LogP contribution in [0.25, 0.3) is 59.6 Å². The van der Waals surface area contributed by atoms with E-state index in [-0.39, 0.29) is 0 Å². The third kappa shape index (κ3) is 5.80. The molecular weight excluding hydrogens is 775 g/mol. The van der Waals surface area contributed by atoms with Crippen molar-refractivity contribution in [3.8, 4) is 0 Å². The first-order chi connectivity index (χ1) is 30.8. The molecule has 3 nitrogen and oxygen atoms in total. The van der Waals surface area contributed by atoms with Crippen molar-refractivity contribution in [1.29, 1.82) is 0 Å². The van der Waals surface area contributed by atoms with Gasteiger partial charge in [0.1, 0.15) is 0 Å². The normalized spacial score (nSPS) is 12.0. The van der Waals surface area contributed by atoms with Crippen LogP contribution in [0, 0.1) is 76.2 Å². The van der Waals surface area contributed by atoms with E-state index in [2.05, 4.69) is 224 Å². The molecule has 0 radical (unpaired) electrons. The van der Waals surface area contributed by atoms with Gasteiger partial charge in [0.05, 0.1) is 27.9 Å². The first kappa shape index (κ1) is 39.7. The van der Waals surface area contributed by atoms with Gasteiger partial charge in [0, 0.05) is 55.1 Å². The van der Waals surface area contributed by atoms with E-state index in [1.54, 1.807) is 0 Å². The third-order valence-corrected chi connectivity index (χ3v) is 14.8. The van der Waals surface area contributed by atoms with Crippen molar-refractivity contribution in [3.63, 3.8) is 0 Å². The lowest BCUT2D eigenvalue weighted by molar-refractivity contribution is 1.20. The van der Waals surface area contributed by atoms with Gasteiger partial charge in [-0.2, -0.15) is 0 Å². The molecule has 0 saturated carbocycles. The van der Waals surface area contributed by atoms with Crippen LogP contribution >= 0.6 is 0 Å². The van der Waals surface area contributed by atoms with Crippen LogP contribution in [0.1, 0.15) is 61.2 Å². The predicted octanol–water partition coefficient (Wildman–Crippen LogP) is 17.5. The molecule has 11 aromatic rings. The zero-order valence-corrected chi connectivity index (χ0v) is 39.0. The second-order valence-corrected chi connectivity index (χ2v) is 18.8. The second-order valence-electron chi connectivity index (χ2n) is 18.8. The molecule has 3 heteroatoms. The van der Waals surface area contributed by atoms with Crippen LogP contribution in [-0.2, 0) is 0 Å². The lowest BCUT2D eigenvalue weighted by Gasteiger charge is -2.31. The summed E-state index contributed by atoms with van der Waals surface area (Å²) >= 11 is 0. The van der Waals surface area contributed by atoms with Gasteiger partial charge in [-0.3, -0.25) is 0 Å². The number of aryl methyl sites for hydroxylation is 8. The Balaban J connectivity index is 1.34. The molecule has 64 heavy (non-hydrogen) atoms. The number of aromatic nitrogens is 1. The summed E-state index contributed by atoms with van der Waals surface area (Å²) in [6.45, 7) is 24.7. The number of anilines is 6. The van der Waals surface area contributed by atoms with Crippen molar-refractivity contribution in [3.05, 3.63) is 195 Å². The Hall–Kier alpha value is -7.10. The average Bonchev–Trinajstić information content (AvgIpc) is 3.79. The summed E-state index contributed by atoms with van der Waals surface area (Å²) in [4.78, 5) is 5.14. The Kier molecular flexibility index (Phi) is 8.98. The van der Waals surface area contributed by atoms with E-state index < -0.39 is 0 Å². The molecule has 0 aliphatic carbocycles. The molecule has 0 N–H and O–H groups in total. The Labute approximate surface area is 377 Å². The lowest BCUT2D eigenvalue weighted by atomic mass is 9.96. The number of hydrogen-bond donors (Lipinski definition) is 0. The van der Waals surface area contributed by atoms with Crippen LogP contribution in [0.5, 0.6) is 0 Å². The maximum absolute atomic E-state index is 2.60. The highest BCUT2D eigenvalue weighted by molar-refractivity contribution is 6.33. The molecule has 11 rings (SSSR count). The SMILES string of the molecule is Cc1ccc(C)c(N(c2cc(C)c(C)c(C)c2)c2c3ccccc3cc3c2c2cccc4c5c(N(c6cc(C)c(C)c(C)c6)c6cc(C)c(C)c(C)c6)c6ccccc6cc5n3c42)c1. The molecule has 314 valence electrons. The summed E-state index contributed by atoms with van der Waals surface area (Å²) < 4.78 is 2.60. The van der Waals surface area contributed by atoms with Crippen molar-refractivity contribution in [2.24, 2.45) is 0 Å². The number of rotatable bonds is 6. The molecular formula is C61H55N3. The summed E-state index contributed by atoms with van der Waals surface area (Å²) in [5.74, 6) is 0. The molecule has 9 aromatic carbocycles. The number of nitrogens with zero attached hydrogens (tertiary/aromatic N) is 3. The highest BCUT2D eigenvalue weighted by Crippen LogP contribution is 2.54. The topological polar surface area (TPSA) is 10.9 Å². The molecule has 2 heterocycles. The number of fused-ring (bicyclic) bond motifs is 8. The minimum absolute atomic E-state index is 1.18. The zero-order valence-electron chi connectivity index (χ0n) is 39.0. The minimum atomic E-state index is 1.18. The summed E-state index contributed by atoms with van der Waals surface area (Å²) in [6.07, 6.45) is 0. The van der Waals surface area contributed by atoms with Crippen LogP contribution in [0.2, 0.25) is 0 Å². The maximum atomic E-state index is 2.60. The predicted molar refractivity (Wildman–Crippen MR) is 278 cm³/mol. The monoisotopic (exact) mass is 829 g/mol. The Morgan fingerprint density at radius 2 is 0.734 bits per heavy atom. The van der Waals surface area contributed by atoms with E-state index in [1.165, 1.54) is 155 Å². The molecule has 0 bridgehead atoms. The average molecular weight is 830 g/mol. The van der Waals surface area contributed by atoms with Crippen molar-refractivity contribution in [1.82, 2.24) is 4.40 Å². The van der Waals surface area contributed by atoms with E-state index in [1.807, 2.05) is 0 Å². The van der Waals surface area contributed by atoms with Gasteiger partial charge in [-0.05, 0) is 203 Å². The quantitative estimate of drug-likeness (QED) is 0.165. The summed E-state index contributed by atoms with van der Waals surface area (Å²) in [5, 5.41) is 9.94. The maximum Gasteiger partial charge on any atom is 0.0640 e. The van der Waals surface area contributed by atoms with E-state index in [4.69, 9.17) is 0 Å². The number of hydrogen-bond acceptors (Lipinski definition) is 2. The Bertz CT molecular complexity index is 3620. The van der Waals surface area contributed by atoms with E-state index in [9.17, 15) is 0 Å². The fourth-order valence-corrected chi connectivity index (χ4v) is 10.7. The molecule has 0 spiro atoms. The lowest BCUT2D eigenvalue weighted by Crippen LogP contribution is -2.14. The van der Waals surface area contributed by atoms with Gasteiger partial charge in [0.15, 0.2) is 0 Å². The van der Waals surface area contributed by atoms with Gasteiger partial charge < -0.3 is 14.2 Å². The molecule has 2 aromatic heterocycles. The second kappa shape index (κ2) is 14.5. The first-order valence-corrected chi connectivity index (χ1v) is 22.8. The molecule has 0 aliphatic rings. The smallest absolute Gasteiger partial charge is 0.0640 e. The Morgan fingerprint density at radius 3 is 1.19 bits per heavy atom. The fourth-order valence-electron chi connectivity index (χ4n) is 10.7. The van der Waals surface area contributed by atoms with Gasteiger partial charge >= 0.3 is 0 Å². The molecule has 0 saturated heterocycles. The third-order valence-electron chi connectivity index (χ3n) is 14.8. The van der Waals surface area contributed by atoms with Crippen molar-refractivity contribution in [2.45, 2.75) is 76.2 Å². The van der Waals surface area contributed by atoms with E-state index >= 15 is 0 Å². The van der Waals surface area contributed by atoms with Gasteiger partial charge in [0.25, 0.3) is 0 Å². The fraction of sp³-hybridized carbons (Fsp3) is 0.180. The van der Waals surface area contributed by atoms with Gasteiger partial charge in [-0.15, -0.1) is 0 Å². The van der Waals surface area contributed by atoms with E-state index in [0.717, 1.165) is 0 Å². The summed E-state index contributed by atoms with van der Waals surface area (Å²) in [5.41, 5.74) is 25.1. The highest BCUT2D eigenvalue weighted by Gasteiger charge is 2.30. The van der Waals surface area contributed by atoms with Crippen LogP contribution in [0.4, 0.5) is 34.1 Å². The van der Waals surface area contributed by atoms with Crippen LogP contribution in [0.15, 0.2) is 133 Å². The summed E-state index contributed by atoms with van der Waals surface area (Å²) in [7, 11) is 0. The molecule has 0 unspecified atom stereocenters. The van der Waals surface area contributed by atoms with Crippen LogP contribution in [-0.4, -0.2) is 4.40 Å². The molecule has 0 aliphatic heterocycles. The van der Waals surface area contributed by atoms with Crippen LogP contribution < -0.4 is 9.80 Å². The zero-order chi connectivity index (χ0) is 44.5.